The SMILES string of the molecule is CCn1cc(CC(CN)c2c[nH]c3ccc(F)cc23)c2ccccc21. The molecule has 0 amide bonds. The van der Waals surface area contributed by atoms with Crippen LogP contribution >= 0.6 is 0 Å². The van der Waals surface area contributed by atoms with Gasteiger partial charge in [-0.05, 0) is 55.3 Å². The van der Waals surface area contributed by atoms with Gasteiger partial charge in [0.1, 0.15) is 5.82 Å². The summed E-state index contributed by atoms with van der Waals surface area (Å²) in [5.41, 5.74) is 10.7. The molecule has 0 fully saturated rings. The van der Waals surface area contributed by atoms with Crippen LogP contribution in [0.4, 0.5) is 4.39 Å². The van der Waals surface area contributed by atoms with E-state index in [1.165, 1.54) is 22.5 Å². The molecule has 2 aromatic carbocycles. The van der Waals surface area contributed by atoms with Gasteiger partial charge >= 0.3 is 0 Å². The molecule has 4 heteroatoms. The summed E-state index contributed by atoms with van der Waals surface area (Å²) in [5.74, 6) is -0.0710. The molecule has 2 heterocycles. The molecular formula is C21H22FN3. The number of aromatic nitrogens is 2. The Morgan fingerprint density at radius 3 is 2.80 bits per heavy atom. The fourth-order valence-corrected chi connectivity index (χ4v) is 3.79. The molecule has 0 aliphatic carbocycles. The van der Waals surface area contributed by atoms with Crippen LogP contribution in [-0.4, -0.2) is 16.1 Å². The van der Waals surface area contributed by atoms with E-state index in [0.29, 0.717) is 6.54 Å². The van der Waals surface area contributed by atoms with E-state index in [2.05, 4.69) is 46.9 Å². The summed E-state index contributed by atoms with van der Waals surface area (Å²) >= 11 is 0. The molecule has 0 aliphatic rings. The molecule has 4 rings (SSSR count). The lowest BCUT2D eigenvalue weighted by Crippen LogP contribution is -2.14. The number of para-hydroxylation sites is 1. The van der Waals surface area contributed by atoms with Crippen LogP contribution in [0.2, 0.25) is 0 Å². The Kier molecular flexibility index (Phi) is 4.06. The molecule has 0 saturated heterocycles. The fourth-order valence-electron chi connectivity index (χ4n) is 3.79. The molecular weight excluding hydrogens is 313 g/mol. The van der Waals surface area contributed by atoms with Gasteiger partial charge in [0.25, 0.3) is 0 Å². The summed E-state index contributed by atoms with van der Waals surface area (Å²) in [7, 11) is 0. The smallest absolute Gasteiger partial charge is 0.123 e. The highest BCUT2D eigenvalue weighted by Gasteiger charge is 2.18. The molecule has 128 valence electrons. The summed E-state index contributed by atoms with van der Waals surface area (Å²) in [4.78, 5) is 3.24. The van der Waals surface area contributed by atoms with Crippen LogP contribution in [0, 0.1) is 5.82 Å². The number of H-pyrrole nitrogens is 1. The maximum Gasteiger partial charge on any atom is 0.123 e. The van der Waals surface area contributed by atoms with Crippen molar-refractivity contribution in [2.24, 2.45) is 5.73 Å². The number of nitrogens with two attached hydrogens (primary N) is 1. The summed E-state index contributed by atoms with van der Waals surface area (Å²) in [6.45, 7) is 3.61. The molecule has 3 N–H and O–H groups in total. The van der Waals surface area contributed by atoms with Crippen LogP contribution < -0.4 is 5.73 Å². The predicted octanol–water partition coefficient (Wildman–Crippen LogP) is 4.57. The summed E-state index contributed by atoms with van der Waals surface area (Å²) in [5, 5.41) is 2.20. The summed E-state index contributed by atoms with van der Waals surface area (Å²) in [6.07, 6.45) is 5.04. The van der Waals surface area contributed by atoms with E-state index in [1.807, 2.05) is 6.20 Å². The largest absolute Gasteiger partial charge is 0.361 e. The number of rotatable bonds is 5. The van der Waals surface area contributed by atoms with E-state index < -0.39 is 0 Å². The zero-order valence-electron chi connectivity index (χ0n) is 14.3. The second-order valence-electron chi connectivity index (χ2n) is 6.53. The number of aryl methyl sites for hydroxylation is 1. The van der Waals surface area contributed by atoms with Crippen molar-refractivity contribution in [3.63, 3.8) is 0 Å². The standard InChI is InChI=1S/C21H22FN3/c1-2-25-13-15(17-5-3-4-6-21(17)25)9-14(11-23)19-12-24-20-8-7-16(22)10-18(19)20/h3-8,10,12-14,24H,2,9,11,23H2,1H3. The number of halogens is 1. The summed E-state index contributed by atoms with van der Waals surface area (Å²) in [6, 6.07) is 13.3. The lowest BCUT2D eigenvalue weighted by molar-refractivity contribution is 0.629. The quantitative estimate of drug-likeness (QED) is 0.551. The van der Waals surface area contributed by atoms with Crippen LogP contribution in [0.25, 0.3) is 21.8 Å². The minimum Gasteiger partial charge on any atom is -0.361 e. The van der Waals surface area contributed by atoms with Gasteiger partial charge in [0.2, 0.25) is 0 Å². The monoisotopic (exact) mass is 335 g/mol. The third-order valence-corrected chi connectivity index (χ3v) is 5.08. The maximum absolute atomic E-state index is 13.7. The minimum absolute atomic E-state index is 0.145. The third kappa shape index (κ3) is 2.72. The minimum atomic E-state index is -0.216. The molecule has 3 nitrogen and oxygen atoms in total. The van der Waals surface area contributed by atoms with Crippen molar-refractivity contribution in [1.29, 1.82) is 0 Å². The van der Waals surface area contributed by atoms with Crippen LogP contribution in [-0.2, 0) is 13.0 Å². The van der Waals surface area contributed by atoms with E-state index in [-0.39, 0.29) is 11.7 Å². The number of fused-ring (bicyclic) bond motifs is 2. The van der Waals surface area contributed by atoms with Crippen LogP contribution in [0.3, 0.4) is 0 Å². The Bertz CT molecular complexity index is 1030. The van der Waals surface area contributed by atoms with Gasteiger partial charge in [0.15, 0.2) is 0 Å². The van der Waals surface area contributed by atoms with E-state index in [1.54, 1.807) is 12.1 Å². The van der Waals surface area contributed by atoms with Crippen molar-refractivity contribution in [3.05, 3.63) is 71.8 Å². The first-order valence-electron chi connectivity index (χ1n) is 8.74. The molecule has 1 atom stereocenters. The molecule has 4 aromatic rings. The zero-order valence-corrected chi connectivity index (χ0v) is 14.3. The number of hydrogen-bond acceptors (Lipinski definition) is 1. The molecule has 0 spiro atoms. The maximum atomic E-state index is 13.7. The number of aromatic amines is 1. The fraction of sp³-hybridized carbons (Fsp3) is 0.238. The van der Waals surface area contributed by atoms with Crippen LogP contribution in [0.5, 0.6) is 0 Å². The summed E-state index contributed by atoms with van der Waals surface area (Å²) < 4.78 is 16.0. The third-order valence-electron chi connectivity index (χ3n) is 5.08. The normalized spacial score (nSPS) is 12.9. The zero-order chi connectivity index (χ0) is 17.4. The molecule has 0 bridgehead atoms. The number of nitrogens with zero attached hydrogens (tertiary/aromatic N) is 1. The first-order chi connectivity index (χ1) is 12.2. The molecule has 0 radical (unpaired) electrons. The molecule has 0 aliphatic heterocycles. The predicted molar refractivity (Wildman–Crippen MR) is 101 cm³/mol. The van der Waals surface area contributed by atoms with Gasteiger partial charge in [0.05, 0.1) is 0 Å². The first-order valence-corrected chi connectivity index (χ1v) is 8.74. The average molecular weight is 335 g/mol. The van der Waals surface area contributed by atoms with Crippen molar-refractivity contribution in [1.82, 2.24) is 9.55 Å². The Hall–Kier alpha value is -2.59. The lowest BCUT2D eigenvalue weighted by atomic mass is 9.91. The van der Waals surface area contributed by atoms with Crippen LogP contribution in [0.1, 0.15) is 24.0 Å². The lowest BCUT2D eigenvalue weighted by Gasteiger charge is -2.14. The molecule has 25 heavy (non-hydrogen) atoms. The Morgan fingerprint density at radius 1 is 1.16 bits per heavy atom. The van der Waals surface area contributed by atoms with Crippen molar-refractivity contribution in [2.75, 3.05) is 6.54 Å². The molecule has 1 unspecified atom stereocenters. The van der Waals surface area contributed by atoms with E-state index in [9.17, 15) is 4.39 Å². The number of benzene rings is 2. The van der Waals surface area contributed by atoms with Gasteiger partial charge in [-0.1, -0.05) is 18.2 Å². The number of hydrogen-bond donors (Lipinski definition) is 2. The topological polar surface area (TPSA) is 46.7 Å². The first kappa shape index (κ1) is 15.9. The second-order valence-corrected chi connectivity index (χ2v) is 6.53. The van der Waals surface area contributed by atoms with E-state index in [4.69, 9.17) is 5.73 Å². The van der Waals surface area contributed by atoms with Crippen molar-refractivity contribution in [2.45, 2.75) is 25.8 Å². The van der Waals surface area contributed by atoms with Crippen molar-refractivity contribution < 1.29 is 4.39 Å². The second kappa shape index (κ2) is 6.37. The highest BCUT2D eigenvalue weighted by Crippen LogP contribution is 2.31. The Labute approximate surface area is 146 Å². The van der Waals surface area contributed by atoms with Gasteiger partial charge in [-0.15, -0.1) is 0 Å². The van der Waals surface area contributed by atoms with Gasteiger partial charge < -0.3 is 15.3 Å². The van der Waals surface area contributed by atoms with Crippen molar-refractivity contribution >= 4 is 21.8 Å². The van der Waals surface area contributed by atoms with Gasteiger partial charge in [-0.2, -0.15) is 0 Å². The van der Waals surface area contributed by atoms with Crippen molar-refractivity contribution in [3.8, 4) is 0 Å². The van der Waals surface area contributed by atoms with Gasteiger partial charge in [-0.25, -0.2) is 4.39 Å². The van der Waals surface area contributed by atoms with Crippen LogP contribution in [0.15, 0.2) is 54.9 Å². The van der Waals surface area contributed by atoms with E-state index >= 15 is 0 Å². The Morgan fingerprint density at radius 2 is 2.00 bits per heavy atom. The highest BCUT2D eigenvalue weighted by atomic mass is 19.1. The molecule has 0 saturated carbocycles. The van der Waals surface area contributed by atoms with E-state index in [0.717, 1.165) is 29.4 Å². The number of nitrogens with one attached hydrogen (secondary N) is 1. The highest BCUT2D eigenvalue weighted by molar-refractivity contribution is 5.85. The Balaban J connectivity index is 1.76. The van der Waals surface area contributed by atoms with Gasteiger partial charge in [-0.3, -0.25) is 0 Å². The van der Waals surface area contributed by atoms with Gasteiger partial charge in [0, 0.05) is 46.7 Å². The molecule has 2 aromatic heterocycles. The average Bonchev–Trinajstić information content (AvgIpc) is 3.21.